The topological polar surface area (TPSA) is 12.0 Å². The Balaban J connectivity index is 2.52. The minimum atomic E-state index is -1.45. The Hall–Kier alpha value is -1.33. The van der Waals surface area contributed by atoms with E-state index in [2.05, 4.69) is 21.2 Å². The van der Waals surface area contributed by atoms with Gasteiger partial charge in [0, 0.05) is 10.0 Å². The molecule has 106 valence electrons. The molecule has 0 saturated carbocycles. The van der Waals surface area contributed by atoms with E-state index in [0.717, 1.165) is 21.7 Å². The first-order valence-corrected chi connectivity index (χ1v) is 6.81. The predicted octanol–water partition coefficient (Wildman–Crippen LogP) is 4.48. The van der Waals surface area contributed by atoms with Crippen LogP contribution in [0.2, 0.25) is 0 Å². The summed E-state index contributed by atoms with van der Waals surface area (Å²) in [6.07, 6.45) is 0. The number of nitrogens with one attached hydrogen (secondary N) is 1. The van der Waals surface area contributed by atoms with Gasteiger partial charge in [-0.05, 0) is 37.2 Å². The van der Waals surface area contributed by atoms with Gasteiger partial charge in [0.15, 0.2) is 17.5 Å². The lowest BCUT2D eigenvalue weighted by Gasteiger charge is -2.19. The highest BCUT2D eigenvalue weighted by atomic mass is 79.9. The minimum Gasteiger partial charge on any atom is -0.309 e. The van der Waals surface area contributed by atoms with Crippen LogP contribution in [-0.4, -0.2) is 7.05 Å². The molecule has 1 atom stereocenters. The predicted molar refractivity (Wildman–Crippen MR) is 76.1 cm³/mol. The van der Waals surface area contributed by atoms with Gasteiger partial charge in [0.25, 0.3) is 0 Å². The Kier molecular flexibility index (Phi) is 4.50. The van der Waals surface area contributed by atoms with Crippen LogP contribution < -0.4 is 5.32 Å². The summed E-state index contributed by atoms with van der Waals surface area (Å²) in [6, 6.07) is 7.16. The zero-order chi connectivity index (χ0) is 14.9. The van der Waals surface area contributed by atoms with Gasteiger partial charge in [-0.15, -0.1) is 0 Å². The average molecular weight is 344 g/mol. The summed E-state index contributed by atoms with van der Waals surface area (Å²) in [5.74, 6) is -3.80. The number of hydrogen-bond donors (Lipinski definition) is 1. The zero-order valence-corrected chi connectivity index (χ0v) is 12.6. The molecule has 0 aliphatic carbocycles. The third kappa shape index (κ3) is 2.74. The van der Waals surface area contributed by atoms with Gasteiger partial charge in [0.2, 0.25) is 0 Å². The normalized spacial score (nSPS) is 12.5. The highest BCUT2D eigenvalue weighted by Gasteiger charge is 2.21. The number of hydrogen-bond acceptors (Lipinski definition) is 1. The SMILES string of the molecule is CNC(c1ccc(C)c(Br)c1)c1ccc(F)c(F)c1F. The summed E-state index contributed by atoms with van der Waals surface area (Å²) >= 11 is 3.41. The van der Waals surface area contributed by atoms with Gasteiger partial charge in [-0.1, -0.05) is 34.1 Å². The highest BCUT2D eigenvalue weighted by molar-refractivity contribution is 9.10. The Morgan fingerprint density at radius 3 is 2.35 bits per heavy atom. The standard InChI is InChI=1S/C15H13BrF3N/c1-8-3-4-9(7-11(8)16)15(20-2)10-5-6-12(17)14(19)13(10)18/h3-7,15,20H,1-2H3. The van der Waals surface area contributed by atoms with Crippen LogP contribution in [0, 0.1) is 24.4 Å². The van der Waals surface area contributed by atoms with Crippen molar-refractivity contribution in [1.29, 1.82) is 0 Å². The van der Waals surface area contributed by atoms with Crippen molar-refractivity contribution in [2.24, 2.45) is 0 Å². The summed E-state index contributed by atoms with van der Waals surface area (Å²) in [4.78, 5) is 0. The molecule has 2 rings (SSSR count). The Morgan fingerprint density at radius 1 is 1.05 bits per heavy atom. The summed E-state index contributed by atoms with van der Waals surface area (Å²) < 4.78 is 41.1. The molecule has 0 aliphatic heterocycles. The molecule has 1 nitrogen and oxygen atoms in total. The van der Waals surface area contributed by atoms with Gasteiger partial charge in [0.1, 0.15) is 0 Å². The van der Waals surface area contributed by atoms with E-state index in [9.17, 15) is 13.2 Å². The van der Waals surface area contributed by atoms with Crippen LogP contribution >= 0.6 is 15.9 Å². The maximum atomic E-state index is 13.9. The van der Waals surface area contributed by atoms with E-state index in [1.165, 1.54) is 6.07 Å². The summed E-state index contributed by atoms with van der Waals surface area (Å²) in [7, 11) is 1.64. The van der Waals surface area contributed by atoms with Crippen molar-refractivity contribution >= 4 is 15.9 Å². The van der Waals surface area contributed by atoms with E-state index in [0.29, 0.717) is 0 Å². The monoisotopic (exact) mass is 343 g/mol. The second-order valence-electron chi connectivity index (χ2n) is 4.49. The smallest absolute Gasteiger partial charge is 0.194 e. The van der Waals surface area contributed by atoms with Crippen LogP contribution in [0.15, 0.2) is 34.8 Å². The molecule has 0 bridgehead atoms. The second kappa shape index (κ2) is 5.97. The van der Waals surface area contributed by atoms with E-state index >= 15 is 0 Å². The van der Waals surface area contributed by atoms with Crippen LogP contribution in [0.1, 0.15) is 22.7 Å². The van der Waals surface area contributed by atoms with Crippen LogP contribution in [0.5, 0.6) is 0 Å². The fourth-order valence-electron chi connectivity index (χ4n) is 2.05. The number of halogens is 4. The van der Waals surface area contributed by atoms with Crippen molar-refractivity contribution in [3.8, 4) is 0 Å². The molecule has 2 aromatic carbocycles. The van der Waals surface area contributed by atoms with Gasteiger partial charge < -0.3 is 5.32 Å². The molecule has 2 aromatic rings. The first kappa shape index (κ1) is 15.1. The maximum absolute atomic E-state index is 13.9. The Morgan fingerprint density at radius 2 is 1.75 bits per heavy atom. The lowest BCUT2D eigenvalue weighted by Crippen LogP contribution is -2.20. The fraction of sp³-hybridized carbons (Fsp3) is 0.200. The molecule has 1 unspecified atom stereocenters. The largest absolute Gasteiger partial charge is 0.309 e. The average Bonchev–Trinajstić information content (AvgIpc) is 2.43. The molecule has 0 amide bonds. The molecule has 0 heterocycles. The number of benzene rings is 2. The van der Waals surface area contributed by atoms with Crippen molar-refractivity contribution in [1.82, 2.24) is 5.32 Å². The van der Waals surface area contributed by atoms with Gasteiger partial charge in [-0.25, -0.2) is 13.2 Å². The van der Waals surface area contributed by atoms with Crippen molar-refractivity contribution in [2.75, 3.05) is 7.05 Å². The first-order chi connectivity index (χ1) is 9.45. The number of rotatable bonds is 3. The van der Waals surface area contributed by atoms with Crippen LogP contribution in [0.3, 0.4) is 0 Å². The summed E-state index contributed by atoms with van der Waals surface area (Å²) in [5.41, 5.74) is 1.87. The second-order valence-corrected chi connectivity index (χ2v) is 5.35. The van der Waals surface area contributed by atoms with E-state index in [4.69, 9.17) is 0 Å². The third-order valence-corrected chi connectivity index (χ3v) is 4.05. The molecule has 0 radical (unpaired) electrons. The van der Waals surface area contributed by atoms with Crippen LogP contribution in [0.25, 0.3) is 0 Å². The van der Waals surface area contributed by atoms with Crippen molar-refractivity contribution < 1.29 is 13.2 Å². The molecule has 0 aliphatic rings. The molecular formula is C15H13BrF3N. The number of aryl methyl sites for hydroxylation is 1. The van der Waals surface area contributed by atoms with E-state index in [1.54, 1.807) is 7.05 Å². The van der Waals surface area contributed by atoms with Crippen molar-refractivity contribution in [3.05, 3.63) is 68.9 Å². The Bertz CT molecular complexity index is 643. The summed E-state index contributed by atoms with van der Waals surface area (Å²) in [5, 5.41) is 2.92. The molecule has 0 fully saturated rings. The van der Waals surface area contributed by atoms with Gasteiger partial charge >= 0.3 is 0 Å². The molecule has 0 aromatic heterocycles. The van der Waals surface area contributed by atoms with E-state index in [1.807, 2.05) is 25.1 Å². The van der Waals surface area contributed by atoms with E-state index < -0.39 is 23.5 Å². The lowest BCUT2D eigenvalue weighted by molar-refractivity contribution is 0.435. The van der Waals surface area contributed by atoms with Crippen molar-refractivity contribution in [3.63, 3.8) is 0 Å². The van der Waals surface area contributed by atoms with Crippen LogP contribution in [-0.2, 0) is 0 Å². The first-order valence-electron chi connectivity index (χ1n) is 6.02. The minimum absolute atomic E-state index is 0.0714. The summed E-state index contributed by atoms with van der Waals surface area (Å²) in [6.45, 7) is 1.93. The molecule has 0 spiro atoms. The van der Waals surface area contributed by atoms with E-state index in [-0.39, 0.29) is 5.56 Å². The molecule has 5 heteroatoms. The Labute approximate surface area is 123 Å². The van der Waals surface area contributed by atoms with Gasteiger partial charge in [-0.3, -0.25) is 0 Å². The fourth-order valence-corrected chi connectivity index (χ4v) is 2.45. The maximum Gasteiger partial charge on any atom is 0.194 e. The highest BCUT2D eigenvalue weighted by Crippen LogP contribution is 2.29. The molecule has 20 heavy (non-hydrogen) atoms. The lowest BCUT2D eigenvalue weighted by atomic mass is 9.97. The quantitative estimate of drug-likeness (QED) is 0.810. The van der Waals surface area contributed by atoms with Gasteiger partial charge in [-0.2, -0.15) is 0 Å². The zero-order valence-electron chi connectivity index (χ0n) is 11.0. The van der Waals surface area contributed by atoms with Crippen molar-refractivity contribution in [2.45, 2.75) is 13.0 Å². The third-order valence-electron chi connectivity index (χ3n) is 3.19. The molecule has 1 N–H and O–H groups in total. The van der Waals surface area contributed by atoms with Crippen LogP contribution in [0.4, 0.5) is 13.2 Å². The molecular weight excluding hydrogens is 331 g/mol. The molecule has 0 saturated heterocycles. The van der Waals surface area contributed by atoms with Gasteiger partial charge in [0.05, 0.1) is 6.04 Å².